The molecule has 1 fully saturated rings. The highest BCUT2D eigenvalue weighted by Crippen LogP contribution is 2.29. The predicted molar refractivity (Wildman–Crippen MR) is 82.9 cm³/mol. The van der Waals surface area contributed by atoms with Crippen LogP contribution < -0.4 is 5.32 Å². The number of carbonyl (C=O) groups is 2. The van der Waals surface area contributed by atoms with Gasteiger partial charge in [-0.2, -0.15) is 0 Å². The molecule has 1 aliphatic heterocycles. The van der Waals surface area contributed by atoms with Crippen molar-refractivity contribution in [3.05, 3.63) is 58.9 Å². The van der Waals surface area contributed by atoms with Crippen molar-refractivity contribution in [2.75, 3.05) is 0 Å². The summed E-state index contributed by atoms with van der Waals surface area (Å²) in [5.74, 6) is -0.807. The number of nitrogens with one attached hydrogen (secondary N) is 1. The van der Waals surface area contributed by atoms with E-state index < -0.39 is 5.97 Å². The summed E-state index contributed by atoms with van der Waals surface area (Å²) in [5.41, 5.74) is 0.366. The SMILES string of the molecule is O=C1NC(=Nc2ccccc2C(=O)O)SC1=Cc1ccco1. The molecule has 110 valence electrons. The highest BCUT2D eigenvalue weighted by molar-refractivity contribution is 8.18. The number of rotatable bonds is 3. The summed E-state index contributed by atoms with van der Waals surface area (Å²) in [6.07, 6.45) is 3.12. The van der Waals surface area contributed by atoms with Gasteiger partial charge in [0.15, 0.2) is 5.17 Å². The molecule has 1 saturated heterocycles. The molecular weight excluding hydrogens is 304 g/mol. The lowest BCUT2D eigenvalue weighted by Crippen LogP contribution is -2.19. The Morgan fingerprint density at radius 3 is 2.82 bits per heavy atom. The van der Waals surface area contributed by atoms with Crippen LogP contribution in [0.2, 0.25) is 0 Å². The number of hydrogen-bond acceptors (Lipinski definition) is 5. The molecule has 2 N–H and O–H groups in total. The number of hydrogen-bond donors (Lipinski definition) is 2. The Balaban J connectivity index is 1.89. The van der Waals surface area contributed by atoms with Crippen LogP contribution in [0, 0.1) is 0 Å². The molecule has 2 heterocycles. The van der Waals surface area contributed by atoms with Crippen molar-refractivity contribution in [3.8, 4) is 0 Å². The van der Waals surface area contributed by atoms with Gasteiger partial charge in [-0.15, -0.1) is 0 Å². The fraction of sp³-hybridized carbons (Fsp3) is 0. The number of carboxylic acid groups (broad SMARTS) is 1. The van der Waals surface area contributed by atoms with Crippen molar-refractivity contribution >= 4 is 40.6 Å². The smallest absolute Gasteiger partial charge is 0.337 e. The number of benzene rings is 1. The summed E-state index contributed by atoms with van der Waals surface area (Å²) in [6, 6.07) is 9.81. The molecule has 22 heavy (non-hydrogen) atoms. The Labute approximate surface area is 129 Å². The minimum absolute atomic E-state index is 0.0771. The summed E-state index contributed by atoms with van der Waals surface area (Å²) >= 11 is 1.13. The molecule has 1 aliphatic rings. The second-order valence-corrected chi connectivity index (χ2v) is 5.35. The van der Waals surface area contributed by atoms with E-state index in [-0.39, 0.29) is 17.2 Å². The average Bonchev–Trinajstić information content (AvgIpc) is 3.10. The van der Waals surface area contributed by atoms with Crippen LogP contribution in [-0.4, -0.2) is 22.2 Å². The molecule has 3 rings (SSSR count). The van der Waals surface area contributed by atoms with Crippen molar-refractivity contribution in [3.63, 3.8) is 0 Å². The van der Waals surface area contributed by atoms with Crippen molar-refractivity contribution in [2.45, 2.75) is 0 Å². The topological polar surface area (TPSA) is 91.9 Å². The van der Waals surface area contributed by atoms with E-state index in [4.69, 9.17) is 9.52 Å². The van der Waals surface area contributed by atoms with Crippen LogP contribution in [-0.2, 0) is 4.79 Å². The van der Waals surface area contributed by atoms with Crippen LogP contribution >= 0.6 is 11.8 Å². The van der Waals surface area contributed by atoms with Crippen molar-refractivity contribution < 1.29 is 19.1 Å². The summed E-state index contributed by atoms with van der Waals surface area (Å²) in [4.78, 5) is 27.7. The first-order valence-corrected chi connectivity index (χ1v) is 7.10. The zero-order valence-electron chi connectivity index (χ0n) is 11.1. The third kappa shape index (κ3) is 2.94. The first-order chi connectivity index (χ1) is 10.6. The summed E-state index contributed by atoms with van der Waals surface area (Å²) in [6.45, 7) is 0. The van der Waals surface area contributed by atoms with E-state index in [1.54, 1.807) is 36.4 Å². The van der Waals surface area contributed by atoms with Crippen LogP contribution in [0.5, 0.6) is 0 Å². The fourth-order valence-electron chi connectivity index (χ4n) is 1.84. The fourth-order valence-corrected chi connectivity index (χ4v) is 2.66. The Hall–Kier alpha value is -2.80. The summed E-state index contributed by atoms with van der Waals surface area (Å²) < 4.78 is 5.16. The molecule has 7 heteroatoms. The number of amidine groups is 1. The minimum Gasteiger partial charge on any atom is -0.478 e. The van der Waals surface area contributed by atoms with Crippen molar-refractivity contribution in [2.24, 2.45) is 4.99 Å². The minimum atomic E-state index is -1.07. The third-order valence-electron chi connectivity index (χ3n) is 2.82. The molecule has 1 amide bonds. The van der Waals surface area contributed by atoms with Crippen LogP contribution in [0.4, 0.5) is 5.69 Å². The maximum atomic E-state index is 11.9. The number of nitrogens with zero attached hydrogens (tertiary/aromatic N) is 1. The van der Waals surface area contributed by atoms with Gasteiger partial charge in [0.05, 0.1) is 22.4 Å². The van der Waals surface area contributed by atoms with Crippen LogP contribution in [0.25, 0.3) is 6.08 Å². The molecule has 1 aromatic carbocycles. The standard InChI is InChI=1S/C15H10N2O4S/c18-13-12(8-9-4-3-7-21-9)22-15(17-13)16-11-6-2-1-5-10(11)14(19)20/h1-8H,(H,19,20)(H,16,17,18). The Morgan fingerprint density at radius 2 is 2.09 bits per heavy atom. The van der Waals surface area contributed by atoms with Crippen LogP contribution in [0.3, 0.4) is 0 Å². The Bertz CT molecular complexity index is 794. The van der Waals surface area contributed by atoms with E-state index >= 15 is 0 Å². The maximum Gasteiger partial charge on any atom is 0.337 e. The van der Waals surface area contributed by atoms with Gasteiger partial charge in [-0.05, 0) is 36.0 Å². The number of carbonyl (C=O) groups excluding carboxylic acids is 1. The third-order valence-corrected chi connectivity index (χ3v) is 3.73. The van der Waals surface area contributed by atoms with Gasteiger partial charge in [-0.1, -0.05) is 12.1 Å². The lowest BCUT2D eigenvalue weighted by molar-refractivity contribution is -0.115. The van der Waals surface area contributed by atoms with Gasteiger partial charge in [0.1, 0.15) is 5.76 Å². The molecule has 0 atom stereocenters. The first kappa shape index (κ1) is 14.2. The molecule has 0 bridgehead atoms. The zero-order chi connectivity index (χ0) is 15.5. The second-order valence-electron chi connectivity index (χ2n) is 4.32. The molecule has 2 aromatic rings. The van der Waals surface area contributed by atoms with E-state index in [0.717, 1.165) is 11.8 Å². The summed E-state index contributed by atoms with van der Waals surface area (Å²) in [7, 11) is 0. The molecule has 0 aliphatic carbocycles. The van der Waals surface area contributed by atoms with E-state index in [2.05, 4.69) is 10.3 Å². The van der Waals surface area contributed by atoms with Crippen LogP contribution in [0.15, 0.2) is 57.0 Å². The van der Waals surface area contributed by atoms with Gasteiger partial charge in [-0.25, -0.2) is 9.79 Å². The zero-order valence-corrected chi connectivity index (χ0v) is 12.0. The highest BCUT2D eigenvalue weighted by Gasteiger charge is 2.24. The molecular formula is C15H10N2O4S. The average molecular weight is 314 g/mol. The summed E-state index contributed by atoms with van der Waals surface area (Å²) in [5, 5.41) is 12.1. The van der Waals surface area contributed by atoms with Gasteiger partial charge in [0.25, 0.3) is 5.91 Å². The van der Waals surface area contributed by atoms with E-state index in [0.29, 0.717) is 15.8 Å². The van der Waals surface area contributed by atoms with Gasteiger partial charge in [0, 0.05) is 6.08 Å². The normalized spacial score (nSPS) is 17.9. The first-order valence-electron chi connectivity index (χ1n) is 6.29. The molecule has 0 spiro atoms. The Morgan fingerprint density at radius 1 is 1.27 bits per heavy atom. The lowest BCUT2D eigenvalue weighted by Gasteiger charge is -2.00. The quantitative estimate of drug-likeness (QED) is 0.850. The van der Waals surface area contributed by atoms with Crippen molar-refractivity contribution in [1.82, 2.24) is 5.32 Å². The van der Waals surface area contributed by atoms with Gasteiger partial charge < -0.3 is 14.8 Å². The molecule has 0 saturated carbocycles. The lowest BCUT2D eigenvalue weighted by atomic mass is 10.2. The van der Waals surface area contributed by atoms with Gasteiger partial charge in [0.2, 0.25) is 0 Å². The van der Waals surface area contributed by atoms with Crippen molar-refractivity contribution in [1.29, 1.82) is 0 Å². The Kier molecular flexibility index (Phi) is 3.80. The number of aliphatic imine (C=N–C) groups is 1. The second kappa shape index (κ2) is 5.90. The molecule has 1 aromatic heterocycles. The highest BCUT2D eigenvalue weighted by atomic mass is 32.2. The molecule has 0 unspecified atom stereocenters. The molecule has 6 nitrogen and oxygen atoms in total. The number of furan rings is 1. The molecule has 0 radical (unpaired) electrons. The number of para-hydroxylation sites is 1. The van der Waals surface area contributed by atoms with E-state index in [9.17, 15) is 9.59 Å². The predicted octanol–water partition coefficient (Wildman–Crippen LogP) is 2.87. The maximum absolute atomic E-state index is 11.9. The number of amides is 1. The monoisotopic (exact) mass is 314 g/mol. The number of thioether (sulfide) groups is 1. The van der Waals surface area contributed by atoms with Crippen LogP contribution in [0.1, 0.15) is 16.1 Å². The number of carboxylic acids is 1. The number of aromatic carboxylic acids is 1. The van der Waals surface area contributed by atoms with E-state index in [1.807, 2.05) is 0 Å². The largest absolute Gasteiger partial charge is 0.478 e. The van der Waals surface area contributed by atoms with E-state index in [1.165, 1.54) is 12.3 Å². The van der Waals surface area contributed by atoms with Gasteiger partial charge >= 0.3 is 5.97 Å². The van der Waals surface area contributed by atoms with Gasteiger partial charge in [-0.3, -0.25) is 4.79 Å².